The van der Waals surface area contributed by atoms with Crippen molar-refractivity contribution in [3.05, 3.63) is 50.4 Å². The second-order valence-electron chi connectivity index (χ2n) is 3.56. The zero-order valence-corrected chi connectivity index (χ0v) is 9.42. The fourth-order valence-corrected chi connectivity index (χ4v) is 1.43. The highest BCUT2D eigenvalue weighted by atomic mass is 16.6. The van der Waals surface area contributed by atoms with Gasteiger partial charge in [-0.15, -0.1) is 0 Å². The Bertz CT molecular complexity index is 522. The Morgan fingerprint density at radius 1 is 1.61 bits per heavy atom. The van der Waals surface area contributed by atoms with Crippen molar-refractivity contribution < 1.29 is 14.8 Å². The second-order valence-corrected chi connectivity index (χ2v) is 3.56. The third-order valence-corrected chi connectivity index (χ3v) is 2.31. The SMILES string of the molecule is CC(=O)[C@@H](N=[N+]=[N-])[C@@H](O)c1cccc([N+](=O)[O-])c1. The highest BCUT2D eigenvalue weighted by Gasteiger charge is 2.25. The Balaban J connectivity index is 3.12. The van der Waals surface area contributed by atoms with Crippen LogP contribution in [0.25, 0.3) is 10.4 Å². The molecule has 0 aliphatic rings. The van der Waals surface area contributed by atoms with Crippen molar-refractivity contribution in [2.24, 2.45) is 5.11 Å². The summed E-state index contributed by atoms with van der Waals surface area (Å²) in [7, 11) is 0. The predicted molar refractivity (Wildman–Crippen MR) is 61.7 cm³/mol. The van der Waals surface area contributed by atoms with E-state index in [1.165, 1.54) is 25.1 Å². The third-order valence-electron chi connectivity index (χ3n) is 2.31. The average Bonchev–Trinajstić information content (AvgIpc) is 2.35. The lowest BCUT2D eigenvalue weighted by molar-refractivity contribution is -0.385. The van der Waals surface area contributed by atoms with Crippen LogP contribution in [0.15, 0.2) is 29.4 Å². The topological polar surface area (TPSA) is 129 Å². The summed E-state index contributed by atoms with van der Waals surface area (Å²) in [6.07, 6.45) is -1.40. The molecule has 0 aliphatic heterocycles. The van der Waals surface area contributed by atoms with E-state index in [1.54, 1.807) is 0 Å². The van der Waals surface area contributed by atoms with E-state index in [2.05, 4.69) is 10.0 Å². The number of aliphatic hydroxyl groups is 1. The van der Waals surface area contributed by atoms with Crippen molar-refractivity contribution in [3.8, 4) is 0 Å². The van der Waals surface area contributed by atoms with E-state index in [1.807, 2.05) is 0 Å². The van der Waals surface area contributed by atoms with Gasteiger partial charge < -0.3 is 5.11 Å². The number of ketones is 1. The van der Waals surface area contributed by atoms with Gasteiger partial charge in [-0.05, 0) is 18.0 Å². The molecule has 1 aromatic carbocycles. The van der Waals surface area contributed by atoms with Crippen LogP contribution in [-0.2, 0) is 4.79 Å². The molecule has 2 atom stereocenters. The standard InChI is InChI=1S/C10H10N4O4/c1-6(15)9(12-13-11)10(16)7-3-2-4-8(5-7)14(17)18/h2-5,9-10,16H,1H3/t9-,10+/m1/s1. The summed E-state index contributed by atoms with van der Waals surface area (Å²) >= 11 is 0. The third kappa shape index (κ3) is 3.03. The maximum atomic E-state index is 11.2. The number of non-ortho nitro benzene ring substituents is 1. The molecule has 0 unspecified atom stereocenters. The summed E-state index contributed by atoms with van der Waals surface area (Å²) in [5.41, 5.74) is 8.25. The quantitative estimate of drug-likeness (QED) is 0.281. The fraction of sp³-hybridized carbons (Fsp3) is 0.300. The summed E-state index contributed by atoms with van der Waals surface area (Å²) in [5.74, 6) is -0.521. The molecule has 0 heterocycles. The first-order chi connectivity index (χ1) is 8.47. The van der Waals surface area contributed by atoms with Crippen molar-refractivity contribution in [1.82, 2.24) is 0 Å². The van der Waals surface area contributed by atoms with Gasteiger partial charge in [0.25, 0.3) is 5.69 Å². The maximum Gasteiger partial charge on any atom is 0.269 e. The minimum atomic E-state index is -1.40. The van der Waals surface area contributed by atoms with Gasteiger partial charge in [0.05, 0.1) is 11.0 Å². The number of nitro groups is 1. The molecule has 0 bridgehead atoms. The van der Waals surface area contributed by atoms with Crippen LogP contribution >= 0.6 is 0 Å². The van der Waals surface area contributed by atoms with Crippen LogP contribution in [0.2, 0.25) is 0 Å². The maximum absolute atomic E-state index is 11.2. The van der Waals surface area contributed by atoms with Crippen molar-refractivity contribution in [2.45, 2.75) is 19.1 Å². The van der Waals surface area contributed by atoms with E-state index in [4.69, 9.17) is 5.53 Å². The van der Waals surface area contributed by atoms with Crippen molar-refractivity contribution in [3.63, 3.8) is 0 Å². The Labute approximate surface area is 102 Å². The zero-order valence-electron chi connectivity index (χ0n) is 9.42. The first-order valence-corrected chi connectivity index (χ1v) is 4.94. The zero-order chi connectivity index (χ0) is 13.7. The highest BCUT2D eigenvalue weighted by Crippen LogP contribution is 2.23. The molecule has 0 radical (unpaired) electrons. The average molecular weight is 250 g/mol. The van der Waals surface area contributed by atoms with E-state index < -0.39 is 22.9 Å². The van der Waals surface area contributed by atoms with E-state index in [0.717, 1.165) is 6.07 Å². The molecule has 18 heavy (non-hydrogen) atoms. The largest absolute Gasteiger partial charge is 0.388 e. The number of carbonyl (C=O) groups excluding carboxylic acids is 1. The van der Waals surface area contributed by atoms with Crippen molar-refractivity contribution in [2.75, 3.05) is 0 Å². The number of hydrogen-bond acceptors (Lipinski definition) is 5. The van der Waals surface area contributed by atoms with Crippen molar-refractivity contribution >= 4 is 11.5 Å². The normalized spacial score (nSPS) is 13.2. The molecule has 0 spiro atoms. The molecule has 8 heteroatoms. The monoisotopic (exact) mass is 250 g/mol. The minimum absolute atomic E-state index is 0.150. The van der Waals surface area contributed by atoms with E-state index in [9.17, 15) is 20.0 Å². The van der Waals surface area contributed by atoms with Gasteiger partial charge >= 0.3 is 0 Å². The molecule has 8 nitrogen and oxygen atoms in total. The van der Waals surface area contributed by atoms with Crippen LogP contribution in [0.3, 0.4) is 0 Å². The van der Waals surface area contributed by atoms with Crippen LogP contribution in [0.4, 0.5) is 5.69 Å². The molecule has 0 saturated carbocycles. The van der Waals surface area contributed by atoms with E-state index >= 15 is 0 Å². The van der Waals surface area contributed by atoms with Gasteiger partial charge in [0.15, 0.2) is 0 Å². The van der Waals surface area contributed by atoms with Crippen LogP contribution in [0.1, 0.15) is 18.6 Å². The molecule has 0 fully saturated rings. The Kier molecular flexibility index (Phi) is 4.36. The van der Waals surface area contributed by atoms with Gasteiger partial charge in [0, 0.05) is 17.0 Å². The van der Waals surface area contributed by atoms with Gasteiger partial charge in [-0.1, -0.05) is 17.2 Å². The van der Waals surface area contributed by atoms with Gasteiger partial charge in [0.2, 0.25) is 0 Å². The number of Topliss-reactive ketones (excluding diaryl/α,β-unsaturated/α-hetero) is 1. The smallest absolute Gasteiger partial charge is 0.269 e. The summed E-state index contributed by atoms with van der Waals surface area (Å²) in [6, 6.07) is 3.89. The van der Waals surface area contributed by atoms with Crippen LogP contribution in [0.5, 0.6) is 0 Å². The van der Waals surface area contributed by atoms with Crippen LogP contribution < -0.4 is 0 Å². The summed E-state index contributed by atoms with van der Waals surface area (Å²) in [5, 5.41) is 23.6. The molecule has 0 aliphatic carbocycles. The Morgan fingerprint density at radius 3 is 2.78 bits per heavy atom. The number of rotatable bonds is 5. The molecular formula is C10H10N4O4. The predicted octanol–water partition coefficient (Wildman–Crippen LogP) is 1.90. The number of hydrogen-bond donors (Lipinski definition) is 1. The number of nitrogens with zero attached hydrogens (tertiary/aromatic N) is 4. The van der Waals surface area contributed by atoms with Gasteiger partial charge in [-0.3, -0.25) is 14.9 Å². The number of carbonyl (C=O) groups is 1. The lowest BCUT2D eigenvalue weighted by Crippen LogP contribution is -2.23. The lowest BCUT2D eigenvalue weighted by Gasteiger charge is -2.15. The molecular weight excluding hydrogens is 240 g/mol. The minimum Gasteiger partial charge on any atom is -0.388 e. The molecule has 1 N–H and O–H groups in total. The van der Waals surface area contributed by atoms with Crippen molar-refractivity contribution in [1.29, 1.82) is 0 Å². The molecule has 1 rings (SSSR count). The Morgan fingerprint density at radius 2 is 2.28 bits per heavy atom. The number of aliphatic hydroxyl groups excluding tert-OH is 1. The highest BCUT2D eigenvalue weighted by molar-refractivity contribution is 5.82. The number of nitro benzene ring substituents is 1. The number of benzene rings is 1. The summed E-state index contributed by atoms with van der Waals surface area (Å²) in [4.78, 5) is 23.6. The number of azide groups is 1. The lowest BCUT2D eigenvalue weighted by atomic mass is 10.00. The molecule has 0 aromatic heterocycles. The molecule has 1 aromatic rings. The van der Waals surface area contributed by atoms with Crippen LogP contribution in [-0.4, -0.2) is 21.9 Å². The van der Waals surface area contributed by atoms with E-state index in [0.29, 0.717) is 0 Å². The fourth-order valence-electron chi connectivity index (χ4n) is 1.43. The first-order valence-electron chi connectivity index (χ1n) is 4.94. The molecule has 94 valence electrons. The Hall–Kier alpha value is -2.44. The summed E-state index contributed by atoms with van der Waals surface area (Å²) in [6.45, 7) is 1.17. The van der Waals surface area contributed by atoms with Crippen LogP contribution in [0, 0.1) is 10.1 Å². The van der Waals surface area contributed by atoms with E-state index in [-0.39, 0.29) is 11.3 Å². The summed E-state index contributed by atoms with van der Waals surface area (Å²) < 4.78 is 0. The van der Waals surface area contributed by atoms with Gasteiger partial charge in [0.1, 0.15) is 11.8 Å². The van der Waals surface area contributed by atoms with Gasteiger partial charge in [-0.25, -0.2) is 0 Å². The molecule has 0 saturated heterocycles. The first kappa shape index (κ1) is 13.6. The molecule has 0 amide bonds. The second kappa shape index (κ2) is 5.76. The van der Waals surface area contributed by atoms with Gasteiger partial charge in [-0.2, -0.15) is 0 Å².